The van der Waals surface area contributed by atoms with Crippen LogP contribution in [0, 0.1) is 5.92 Å². The minimum Gasteiger partial charge on any atom is -0.443 e. The highest BCUT2D eigenvalue weighted by molar-refractivity contribution is 5.72. The summed E-state index contributed by atoms with van der Waals surface area (Å²) in [6, 6.07) is 0. The Bertz CT molecular complexity index is 162. The third kappa shape index (κ3) is 4.27. The molecular formula is C10H20NO2+. The molecule has 0 heterocycles. The lowest BCUT2D eigenvalue weighted by atomic mass is 9.85. The number of amides is 1. The van der Waals surface area contributed by atoms with E-state index in [0.29, 0.717) is 0 Å². The Labute approximate surface area is 79.5 Å². The quantitative estimate of drug-likeness (QED) is 0.651. The van der Waals surface area contributed by atoms with Crippen LogP contribution < -0.4 is 5.32 Å². The first-order valence-electron chi connectivity index (χ1n) is 5.14. The molecule has 0 unspecified atom stereocenters. The Balaban J connectivity index is 2.05. The van der Waals surface area contributed by atoms with Crippen LogP contribution in [0.2, 0.25) is 0 Å². The molecule has 0 aliphatic heterocycles. The Morgan fingerprint density at radius 1 is 1.38 bits per heavy atom. The monoisotopic (exact) mass is 186 g/mol. The Hall–Kier alpha value is -0.570. The van der Waals surface area contributed by atoms with Crippen LogP contribution in [0.3, 0.4) is 0 Å². The molecule has 3 heteroatoms. The van der Waals surface area contributed by atoms with Crippen molar-refractivity contribution in [2.45, 2.75) is 45.1 Å². The first-order chi connectivity index (χ1) is 6.18. The average Bonchev–Trinajstić information content (AvgIpc) is 2.08. The summed E-state index contributed by atoms with van der Waals surface area (Å²) in [5.41, 5.74) is 0. The zero-order chi connectivity index (χ0) is 9.68. The Morgan fingerprint density at radius 2 is 2.00 bits per heavy atom. The first-order valence-corrected chi connectivity index (χ1v) is 5.14. The van der Waals surface area contributed by atoms with E-state index in [2.05, 4.69) is 5.32 Å². The van der Waals surface area contributed by atoms with Crippen molar-refractivity contribution in [2.75, 3.05) is 6.54 Å². The maximum Gasteiger partial charge on any atom is 0.216 e. The molecule has 76 valence electrons. The summed E-state index contributed by atoms with van der Waals surface area (Å²) in [6.45, 7) is 2.36. The van der Waals surface area contributed by atoms with Gasteiger partial charge in [-0.2, -0.15) is 0 Å². The van der Waals surface area contributed by atoms with E-state index in [-0.39, 0.29) is 12.0 Å². The van der Waals surface area contributed by atoms with Gasteiger partial charge in [0.1, 0.15) is 0 Å². The van der Waals surface area contributed by atoms with Gasteiger partial charge >= 0.3 is 0 Å². The number of nitrogens with one attached hydrogen (secondary N) is 1. The predicted octanol–water partition coefficient (Wildman–Crippen LogP) is 0.796. The van der Waals surface area contributed by atoms with Crippen molar-refractivity contribution in [3.8, 4) is 0 Å². The normalized spacial score (nSPS) is 28.5. The zero-order valence-corrected chi connectivity index (χ0v) is 8.31. The van der Waals surface area contributed by atoms with E-state index in [1.807, 2.05) is 0 Å². The molecule has 0 atom stereocenters. The molecule has 1 aliphatic rings. The van der Waals surface area contributed by atoms with Gasteiger partial charge < -0.3 is 10.4 Å². The Morgan fingerprint density at radius 3 is 2.54 bits per heavy atom. The van der Waals surface area contributed by atoms with Crippen LogP contribution in [0.5, 0.6) is 0 Å². The second kappa shape index (κ2) is 5.22. The van der Waals surface area contributed by atoms with Gasteiger partial charge in [0.2, 0.25) is 5.91 Å². The molecule has 0 radical (unpaired) electrons. The molecule has 0 saturated heterocycles. The van der Waals surface area contributed by atoms with Crippen molar-refractivity contribution in [2.24, 2.45) is 5.92 Å². The molecule has 1 rings (SSSR count). The van der Waals surface area contributed by atoms with Gasteiger partial charge in [0.05, 0.1) is 0 Å². The van der Waals surface area contributed by atoms with E-state index < -0.39 is 0 Å². The molecule has 1 saturated carbocycles. The average molecular weight is 186 g/mol. The van der Waals surface area contributed by atoms with Crippen molar-refractivity contribution in [3.63, 3.8) is 0 Å². The van der Waals surface area contributed by atoms with Crippen molar-refractivity contribution < 1.29 is 9.90 Å². The highest BCUT2D eigenvalue weighted by Crippen LogP contribution is 2.26. The van der Waals surface area contributed by atoms with E-state index in [0.717, 1.165) is 31.7 Å². The summed E-state index contributed by atoms with van der Waals surface area (Å²) in [5, 5.41) is 10.4. The molecule has 1 amide bonds. The maximum atomic E-state index is 10.6. The summed E-state index contributed by atoms with van der Waals surface area (Å²) < 4.78 is 0. The van der Waals surface area contributed by atoms with Gasteiger partial charge in [-0.1, -0.05) is 0 Å². The van der Waals surface area contributed by atoms with Gasteiger partial charge in [-0.15, -0.1) is 0 Å². The third-order valence-electron chi connectivity index (χ3n) is 2.77. The lowest BCUT2D eigenvalue weighted by Crippen LogP contribution is -2.25. The molecule has 1 fully saturated rings. The van der Waals surface area contributed by atoms with E-state index >= 15 is 0 Å². The van der Waals surface area contributed by atoms with Crippen molar-refractivity contribution in [1.29, 1.82) is 0 Å². The molecule has 0 spiro atoms. The Kier molecular flexibility index (Phi) is 4.22. The largest absolute Gasteiger partial charge is 0.443 e. The molecule has 13 heavy (non-hydrogen) atoms. The fourth-order valence-electron chi connectivity index (χ4n) is 1.90. The van der Waals surface area contributed by atoms with Crippen LogP contribution in [0.1, 0.15) is 39.0 Å². The lowest BCUT2D eigenvalue weighted by Gasteiger charge is -2.22. The number of carbonyl (C=O) groups excluding carboxylic acids is 1. The fraction of sp³-hybridized carbons (Fsp3) is 0.900. The van der Waals surface area contributed by atoms with Crippen LogP contribution in [0.15, 0.2) is 0 Å². The molecule has 0 aromatic heterocycles. The molecular weight excluding hydrogens is 166 g/mol. The smallest absolute Gasteiger partial charge is 0.216 e. The molecule has 0 aromatic carbocycles. The van der Waals surface area contributed by atoms with Crippen LogP contribution >= 0.6 is 0 Å². The molecule has 0 aromatic rings. The van der Waals surface area contributed by atoms with Crippen LogP contribution in [-0.4, -0.2) is 23.7 Å². The summed E-state index contributed by atoms with van der Waals surface area (Å²) >= 11 is 0. The van der Waals surface area contributed by atoms with Gasteiger partial charge in [-0.3, -0.25) is 4.79 Å². The lowest BCUT2D eigenvalue weighted by molar-refractivity contribution is -0.119. The van der Waals surface area contributed by atoms with Crippen molar-refractivity contribution in [3.05, 3.63) is 0 Å². The second-order valence-corrected chi connectivity index (χ2v) is 3.99. The van der Waals surface area contributed by atoms with E-state index in [9.17, 15) is 4.79 Å². The SMILES string of the molecule is CC(=O)NCCC1CCC([OH2+])CC1. The topological polar surface area (TPSA) is 52.0 Å². The third-order valence-corrected chi connectivity index (χ3v) is 2.77. The highest BCUT2D eigenvalue weighted by Gasteiger charge is 2.21. The minimum atomic E-state index is 0.0641. The maximum absolute atomic E-state index is 10.6. The molecule has 3 N–H and O–H groups in total. The number of hydrogen-bond donors (Lipinski definition) is 1. The van der Waals surface area contributed by atoms with E-state index in [4.69, 9.17) is 5.11 Å². The van der Waals surface area contributed by atoms with Crippen LogP contribution in [-0.2, 0) is 4.79 Å². The zero-order valence-electron chi connectivity index (χ0n) is 8.31. The van der Waals surface area contributed by atoms with Crippen molar-refractivity contribution >= 4 is 5.91 Å². The fourth-order valence-corrected chi connectivity index (χ4v) is 1.90. The van der Waals surface area contributed by atoms with Crippen LogP contribution in [0.25, 0.3) is 0 Å². The van der Waals surface area contributed by atoms with Crippen LogP contribution in [0.4, 0.5) is 0 Å². The van der Waals surface area contributed by atoms with Gasteiger partial charge in [0.15, 0.2) is 6.10 Å². The van der Waals surface area contributed by atoms with Gasteiger partial charge in [-0.25, -0.2) is 0 Å². The number of hydrogen-bond acceptors (Lipinski definition) is 1. The molecule has 0 bridgehead atoms. The van der Waals surface area contributed by atoms with Crippen molar-refractivity contribution in [1.82, 2.24) is 5.32 Å². The summed E-state index contributed by atoms with van der Waals surface area (Å²) in [7, 11) is 0. The summed E-state index contributed by atoms with van der Waals surface area (Å²) in [4.78, 5) is 10.6. The standard InChI is InChI=1S/C10H19NO2/c1-8(12)11-7-6-9-2-4-10(13)5-3-9/h9-10,13H,2-7H2,1H3,(H,11,12)/p+1. The predicted molar refractivity (Wildman–Crippen MR) is 52.7 cm³/mol. The molecule has 3 nitrogen and oxygen atoms in total. The summed E-state index contributed by atoms with van der Waals surface area (Å²) in [6.07, 6.45) is 5.71. The second-order valence-electron chi connectivity index (χ2n) is 3.99. The van der Waals surface area contributed by atoms with Gasteiger partial charge in [0.25, 0.3) is 0 Å². The summed E-state index contributed by atoms with van der Waals surface area (Å²) in [5.74, 6) is 0.808. The number of rotatable bonds is 3. The van der Waals surface area contributed by atoms with Gasteiger partial charge in [-0.05, 0) is 25.2 Å². The van der Waals surface area contributed by atoms with E-state index in [1.165, 1.54) is 12.8 Å². The first kappa shape index (κ1) is 10.5. The molecule has 1 aliphatic carbocycles. The highest BCUT2D eigenvalue weighted by atomic mass is 16.3. The minimum absolute atomic E-state index is 0.0641. The number of carbonyl (C=O) groups is 1. The van der Waals surface area contributed by atoms with E-state index in [1.54, 1.807) is 6.92 Å². The van der Waals surface area contributed by atoms with Gasteiger partial charge in [0, 0.05) is 26.3 Å².